The van der Waals surface area contributed by atoms with E-state index in [0.29, 0.717) is 0 Å². The Labute approximate surface area is 109 Å². The predicted molar refractivity (Wildman–Crippen MR) is 77.2 cm³/mol. The first kappa shape index (κ1) is 9.67. The summed E-state index contributed by atoms with van der Waals surface area (Å²) in [5, 5.41) is 2.83. The van der Waals surface area contributed by atoms with Gasteiger partial charge in [-0.3, -0.25) is 0 Å². The summed E-state index contributed by atoms with van der Waals surface area (Å²) < 4.78 is 1.24. The average molecular weight is 283 g/mol. The van der Waals surface area contributed by atoms with Crippen LogP contribution in [0.3, 0.4) is 0 Å². The van der Waals surface area contributed by atoms with E-state index in [-0.39, 0.29) is 0 Å². The fourth-order valence-electron chi connectivity index (χ4n) is 2.99. The molecule has 0 bridgehead atoms. The zero-order valence-electron chi connectivity index (χ0n) is 9.33. The molecule has 0 atom stereocenters. The minimum Gasteiger partial charge on any atom is -0.0759 e. The van der Waals surface area contributed by atoms with Crippen molar-refractivity contribution in [2.24, 2.45) is 0 Å². The van der Waals surface area contributed by atoms with Gasteiger partial charge in [0.05, 0.1) is 0 Å². The molecule has 82 valence electrons. The minimum atomic E-state index is 1.06. The maximum atomic E-state index is 3.68. The summed E-state index contributed by atoms with van der Waals surface area (Å²) in [6.07, 6.45) is 6.79. The van der Waals surface area contributed by atoms with Gasteiger partial charge in [0.2, 0.25) is 0 Å². The number of rotatable bonds is 0. The Bertz CT molecular complexity index is 705. The molecule has 2 aliphatic rings. The van der Waals surface area contributed by atoms with E-state index in [2.05, 4.69) is 58.4 Å². The summed E-state index contributed by atoms with van der Waals surface area (Å²) in [6, 6.07) is 11.1. The molecule has 0 aromatic heterocycles. The lowest BCUT2D eigenvalue weighted by atomic mass is 9.81. The molecule has 4 rings (SSSR count). The lowest BCUT2D eigenvalue weighted by molar-refractivity contribution is 1.23. The molecule has 0 unspecified atom stereocenters. The first-order valence-electron chi connectivity index (χ1n) is 5.94. The molecule has 0 nitrogen and oxygen atoms in total. The van der Waals surface area contributed by atoms with Gasteiger partial charge < -0.3 is 0 Å². The Hall–Kier alpha value is -1.34. The highest BCUT2D eigenvalue weighted by Crippen LogP contribution is 2.44. The van der Waals surface area contributed by atoms with Gasteiger partial charge in [0.15, 0.2) is 0 Å². The van der Waals surface area contributed by atoms with E-state index in [4.69, 9.17) is 0 Å². The maximum Gasteiger partial charge on any atom is 0.0217 e. The van der Waals surface area contributed by atoms with Crippen LogP contribution < -0.4 is 0 Å². The molecule has 1 heteroatoms. The standard InChI is InChI=1S/C16H11Br/c17-14-9-7-12-5-4-10-2-1-3-11-6-8-13(14)16(12)15(10)11/h1-3,5-6,8-9H,4,7H2. The van der Waals surface area contributed by atoms with E-state index in [1.165, 1.54) is 37.5 Å². The smallest absolute Gasteiger partial charge is 0.0217 e. The fourth-order valence-corrected chi connectivity index (χ4v) is 3.48. The van der Waals surface area contributed by atoms with Crippen molar-refractivity contribution in [1.82, 2.24) is 0 Å². The highest BCUT2D eigenvalue weighted by Gasteiger charge is 2.21. The van der Waals surface area contributed by atoms with Crippen LogP contribution in [0.4, 0.5) is 0 Å². The molecular weight excluding hydrogens is 272 g/mol. The highest BCUT2D eigenvalue weighted by molar-refractivity contribution is 9.15. The van der Waals surface area contributed by atoms with E-state index >= 15 is 0 Å². The molecule has 0 fully saturated rings. The molecule has 0 heterocycles. The van der Waals surface area contributed by atoms with E-state index < -0.39 is 0 Å². The monoisotopic (exact) mass is 282 g/mol. The zero-order chi connectivity index (χ0) is 11.4. The maximum absolute atomic E-state index is 3.68. The number of benzene rings is 2. The Morgan fingerprint density at radius 2 is 1.88 bits per heavy atom. The molecule has 2 aromatic carbocycles. The molecule has 2 aromatic rings. The van der Waals surface area contributed by atoms with Gasteiger partial charge in [-0.1, -0.05) is 58.4 Å². The molecule has 0 saturated carbocycles. The van der Waals surface area contributed by atoms with Crippen molar-refractivity contribution in [2.45, 2.75) is 12.8 Å². The molecule has 0 amide bonds. The van der Waals surface area contributed by atoms with Gasteiger partial charge in [0.25, 0.3) is 0 Å². The first-order chi connectivity index (χ1) is 8.34. The van der Waals surface area contributed by atoms with Crippen LogP contribution in [0.5, 0.6) is 0 Å². The van der Waals surface area contributed by atoms with Gasteiger partial charge in [-0.2, -0.15) is 0 Å². The topological polar surface area (TPSA) is 0 Å². The predicted octanol–water partition coefficient (Wildman–Crippen LogP) is 4.92. The summed E-state index contributed by atoms with van der Waals surface area (Å²) in [7, 11) is 0. The van der Waals surface area contributed by atoms with Gasteiger partial charge >= 0.3 is 0 Å². The van der Waals surface area contributed by atoms with Crippen LogP contribution in [0.15, 0.2) is 42.5 Å². The zero-order valence-corrected chi connectivity index (χ0v) is 10.9. The average Bonchev–Trinajstić information content (AvgIpc) is 2.38. The Balaban J connectivity index is 2.25. The van der Waals surface area contributed by atoms with E-state index in [0.717, 1.165) is 12.8 Å². The van der Waals surface area contributed by atoms with Crippen LogP contribution in [-0.4, -0.2) is 0 Å². The molecule has 0 radical (unpaired) electrons. The summed E-state index contributed by atoms with van der Waals surface area (Å²) in [5.74, 6) is 0. The minimum absolute atomic E-state index is 1.06. The number of halogens is 1. The summed E-state index contributed by atoms with van der Waals surface area (Å²) in [5.41, 5.74) is 5.76. The van der Waals surface area contributed by atoms with Crippen molar-refractivity contribution in [2.75, 3.05) is 0 Å². The second kappa shape index (κ2) is 3.33. The quantitative estimate of drug-likeness (QED) is 0.643. The number of hydrogen-bond acceptors (Lipinski definition) is 0. The lowest BCUT2D eigenvalue weighted by Crippen LogP contribution is -2.04. The SMILES string of the molecule is BrC1=CCC2=CCc3cccc4ccc1c2c34. The number of hydrogen-bond donors (Lipinski definition) is 0. The van der Waals surface area contributed by atoms with Crippen LogP contribution in [-0.2, 0) is 6.42 Å². The van der Waals surface area contributed by atoms with Crippen molar-refractivity contribution < 1.29 is 0 Å². The van der Waals surface area contributed by atoms with Crippen LogP contribution in [0, 0.1) is 0 Å². The third-order valence-electron chi connectivity index (χ3n) is 3.78. The van der Waals surface area contributed by atoms with Crippen molar-refractivity contribution >= 4 is 36.8 Å². The Morgan fingerprint density at radius 3 is 2.82 bits per heavy atom. The third kappa shape index (κ3) is 1.23. The van der Waals surface area contributed by atoms with Gasteiger partial charge in [-0.15, -0.1) is 0 Å². The fraction of sp³-hybridized carbons (Fsp3) is 0.125. The first-order valence-corrected chi connectivity index (χ1v) is 6.74. The highest BCUT2D eigenvalue weighted by atomic mass is 79.9. The molecule has 17 heavy (non-hydrogen) atoms. The molecule has 0 aliphatic heterocycles. The largest absolute Gasteiger partial charge is 0.0759 e. The van der Waals surface area contributed by atoms with Crippen molar-refractivity contribution in [1.29, 1.82) is 0 Å². The van der Waals surface area contributed by atoms with E-state index in [9.17, 15) is 0 Å². The van der Waals surface area contributed by atoms with E-state index in [1.54, 1.807) is 0 Å². The molecule has 0 saturated heterocycles. The third-order valence-corrected chi connectivity index (χ3v) is 4.53. The van der Waals surface area contributed by atoms with Crippen molar-refractivity contribution in [3.05, 3.63) is 59.2 Å². The second-order valence-electron chi connectivity index (χ2n) is 4.69. The Kier molecular flexibility index (Phi) is 1.89. The van der Waals surface area contributed by atoms with Gasteiger partial charge in [0, 0.05) is 4.48 Å². The summed E-state index contributed by atoms with van der Waals surface area (Å²) in [4.78, 5) is 0. The molecule has 0 spiro atoms. The van der Waals surface area contributed by atoms with Gasteiger partial charge in [0.1, 0.15) is 0 Å². The van der Waals surface area contributed by atoms with Crippen LogP contribution >= 0.6 is 15.9 Å². The normalized spacial score (nSPS) is 16.8. The van der Waals surface area contributed by atoms with Gasteiger partial charge in [-0.05, 0) is 45.9 Å². The van der Waals surface area contributed by atoms with Crippen molar-refractivity contribution in [3.63, 3.8) is 0 Å². The van der Waals surface area contributed by atoms with Crippen molar-refractivity contribution in [3.8, 4) is 0 Å². The van der Waals surface area contributed by atoms with Crippen LogP contribution in [0.2, 0.25) is 0 Å². The summed E-state index contributed by atoms with van der Waals surface area (Å²) in [6.45, 7) is 0. The van der Waals surface area contributed by atoms with E-state index in [1.807, 2.05) is 0 Å². The summed E-state index contributed by atoms with van der Waals surface area (Å²) >= 11 is 3.68. The molecular formula is C16H11Br. The second-order valence-corrected chi connectivity index (χ2v) is 5.55. The lowest BCUT2D eigenvalue weighted by Gasteiger charge is -2.24. The molecule has 0 N–H and O–H groups in total. The van der Waals surface area contributed by atoms with Gasteiger partial charge in [-0.25, -0.2) is 0 Å². The Morgan fingerprint density at radius 1 is 0.941 bits per heavy atom. The van der Waals surface area contributed by atoms with Crippen LogP contribution in [0.1, 0.15) is 23.1 Å². The van der Waals surface area contributed by atoms with Crippen LogP contribution in [0.25, 0.3) is 20.8 Å². The molecule has 2 aliphatic carbocycles. The number of allylic oxidation sites excluding steroid dienone is 3.